The molecule has 2 aromatic rings. The first-order valence-electron chi connectivity index (χ1n) is 5.19. The first-order chi connectivity index (χ1) is 8.31. The van der Waals surface area contributed by atoms with E-state index in [1.165, 1.54) is 12.0 Å². The number of nitrogens with one attached hydrogen (secondary N) is 1. The number of thioether (sulfide) groups is 1. The Morgan fingerprint density at radius 3 is 3.12 bits per heavy atom. The number of carbonyl (C=O) groups is 1. The molecule has 0 spiro atoms. The van der Waals surface area contributed by atoms with E-state index in [9.17, 15) is 4.79 Å². The van der Waals surface area contributed by atoms with Crippen molar-refractivity contribution in [3.63, 3.8) is 0 Å². The largest absolute Gasteiger partial charge is 0.464 e. The molecule has 0 radical (unpaired) electrons. The number of carbonyl (C=O) groups excluding carboxylic acids is 1. The molecule has 4 nitrogen and oxygen atoms in total. The molecule has 0 amide bonds. The summed E-state index contributed by atoms with van der Waals surface area (Å²) in [6, 6.07) is 8.06. The molecule has 0 saturated carbocycles. The van der Waals surface area contributed by atoms with E-state index in [0.717, 1.165) is 22.6 Å². The van der Waals surface area contributed by atoms with Crippen molar-refractivity contribution in [2.24, 2.45) is 0 Å². The third-order valence-electron chi connectivity index (χ3n) is 2.77. The van der Waals surface area contributed by atoms with Crippen molar-refractivity contribution in [2.45, 2.75) is 10.6 Å². The molecule has 0 atom stereocenters. The number of benzene rings is 1. The minimum absolute atomic E-state index is 0.362. The number of fused-ring (bicyclic) bond motifs is 3. The molecular weight excluding hydrogens is 236 g/mol. The second kappa shape index (κ2) is 3.92. The van der Waals surface area contributed by atoms with Gasteiger partial charge in [-0.05, 0) is 6.07 Å². The first kappa shape index (κ1) is 10.4. The maximum atomic E-state index is 11.6. The minimum Gasteiger partial charge on any atom is -0.464 e. The number of ether oxygens (including phenoxy) is 1. The van der Waals surface area contributed by atoms with E-state index in [1.54, 1.807) is 11.8 Å². The van der Waals surface area contributed by atoms with Gasteiger partial charge in [0, 0.05) is 21.8 Å². The summed E-state index contributed by atoms with van der Waals surface area (Å²) in [5.74, 6) is 0.381. The Balaban J connectivity index is 2.16. The summed E-state index contributed by atoms with van der Waals surface area (Å²) in [5.41, 5.74) is 3.33. The number of rotatable bonds is 1. The van der Waals surface area contributed by atoms with Gasteiger partial charge in [0.25, 0.3) is 0 Å². The summed E-state index contributed by atoms with van der Waals surface area (Å²) in [5, 5.41) is 7.00. The predicted molar refractivity (Wildman–Crippen MR) is 64.9 cm³/mol. The maximum absolute atomic E-state index is 11.6. The van der Waals surface area contributed by atoms with Crippen LogP contribution in [0, 0.1) is 0 Å². The number of aromatic nitrogens is 2. The number of hydrogen-bond acceptors (Lipinski definition) is 4. The summed E-state index contributed by atoms with van der Waals surface area (Å²) < 4.78 is 4.73. The van der Waals surface area contributed by atoms with Crippen molar-refractivity contribution in [1.29, 1.82) is 0 Å². The summed E-state index contributed by atoms with van der Waals surface area (Å²) >= 11 is 1.71. The molecule has 0 saturated heterocycles. The van der Waals surface area contributed by atoms with E-state index in [0.29, 0.717) is 5.69 Å². The SMILES string of the molecule is COC(=O)c1[nH]nc2c1CSc1ccccc1-2. The van der Waals surface area contributed by atoms with Crippen LogP contribution in [0.25, 0.3) is 11.3 Å². The normalized spacial score (nSPS) is 12.8. The van der Waals surface area contributed by atoms with Crippen LogP contribution in [-0.2, 0) is 10.5 Å². The molecule has 0 unspecified atom stereocenters. The number of aromatic amines is 1. The highest BCUT2D eigenvalue weighted by atomic mass is 32.2. The van der Waals surface area contributed by atoms with E-state index in [1.807, 2.05) is 18.2 Å². The van der Waals surface area contributed by atoms with Crippen LogP contribution < -0.4 is 0 Å². The molecule has 0 aliphatic carbocycles. The van der Waals surface area contributed by atoms with E-state index >= 15 is 0 Å². The fourth-order valence-corrected chi connectivity index (χ4v) is 3.01. The van der Waals surface area contributed by atoms with E-state index in [4.69, 9.17) is 4.74 Å². The predicted octanol–water partition coefficient (Wildman–Crippen LogP) is 2.47. The summed E-state index contributed by atoms with van der Waals surface area (Å²) in [7, 11) is 1.37. The van der Waals surface area contributed by atoms with Gasteiger partial charge in [0.15, 0.2) is 0 Å². The molecular formula is C12H10N2O2S. The molecule has 2 heterocycles. The third-order valence-corrected chi connectivity index (χ3v) is 3.87. The highest BCUT2D eigenvalue weighted by molar-refractivity contribution is 7.98. The van der Waals surface area contributed by atoms with Crippen molar-refractivity contribution >= 4 is 17.7 Å². The van der Waals surface area contributed by atoms with Gasteiger partial charge in [0.1, 0.15) is 5.69 Å². The number of methoxy groups -OCH3 is 1. The van der Waals surface area contributed by atoms with Gasteiger partial charge in [-0.1, -0.05) is 18.2 Å². The van der Waals surface area contributed by atoms with Gasteiger partial charge in [-0.25, -0.2) is 4.79 Å². The molecule has 0 bridgehead atoms. The molecule has 3 rings (SSSR count). The van der Waals surface area contributed by atoms with Crippen molar-refractivity contribution in [3.05, 3.63) is 35.5 Å². The minimum atomic E-state index is -0.362. The highest BCUT2D eigenvalue weighted by Crippen LogP contribution is 2.41. The molecule has 1 aliphatic heterocycles. The zero-order valence-corrected chi connectivity index (χ0v) is 10.0. The molecule has 1 aliphatic rings. The van der Waals surface area contributed by atoms with Gasteiger partial charge in [-0.2, -0.15) is 5.10 Å². The number of nitrogens with zero attached hydrogens (tertiary/aromatic N) is 1. The average Bonchev–Trinajstić information content (AvgIpc) is 2.82. The van der Waals surface area contributed by atoms with Crippen LogP contribution >= 0.6 is 11.8 Å². The van der Waals surface area contributed by atoms with Crippen molar-refractivity contribution < 1.29 is 9.53 Å². The Hall–Kier alpha value is -1.75. The Morgan fingerprint density at radius 1 is 1.47 bits per heavy atom. The molecule has 1 aromatic heterocycles. The van der Waals surface area contributed by atoms with Crippen LogP contribution in [0.15, 0.2) is 29.2 Å². The molecule has 0 fully saturated rings. The lowest BCUT2D eigenvalue weighted by Crippen LogP contribution is -2.06. The quantitative estimate of drug-likeness (QED) is 0.785. The lowest BCUT2D eigenvalue weighted by Gasteiger charge is -2.14. The van der Waals surface area contributed by atoms with Gasteiger partial charge in [0.2, 0.25) is 0 Å². The van der Waals surface area contributed by atoms with Gasteiger partial charge < -0.3 is 4.74 Å². The smallest absolute Gasteiger partial charge is 0.356 e. The Labute approximate surface area is 102 Å². The maximum Gasteiger partial charge on any atom is 0.356 e. The average molecular weight is 246 g/mol. The fourth-order valence-electron chi connectivity index (χ4n) is 1.94. The summed E-state index contributed by atoms with van der Waals surface area (Å²) in [6.45, 7) is 0. The van der Waals surface area contributed by atoms with Crippen LogP contribution in [0.5, 0.6) is 0 Å². The molecule has 86 valence electrons. The summed E-state index contributed by atoms with van der Waals surface area (Å²) in [4.78, 5) is 12.8. The van der Waals surface area contributed by atoms with Crippen molar-refractivity contribution in [2.75, 3.05) is 7.11 Å². The molecule has 17 heavy (non-hydrogen) atoms. The van der Waals surface area contributed by atoms with Crippen LogP contribution in [0.1, 0.15) is 16.1 Å². The number of esters is 1. The second-order valence-corrected chi connectivity index (χ2v) is 4.72. The molecule has 5 heteroatoms. The van der Waals surface area contributed by atoms with Gasteiger partial charge >= 0.3 is 5.97 Å². The monoisotopic (exact) mass is 246 g/mol. The van der Waals surface area contributed by atoms with Gasteiger partial charge in [-0.3, -0.25) is 5.10 Å². The highest BCUT2D eigenvalue weighted by Gasteiger charge is 2.25. The zero-order valence-electron chi connectivity index (χ0n) is 9.19. The summed E-state index contributed by atoms with van der Waals surface area (Å²) in [6.07, 6.45) is 0. The van der Waals surface area contributed by atoms with Gasteiger partial charge in [0.05, 0.1) is 12.8 Å². The first-order valence-corrected chi connectivity index (χ1v) is 6.17. The van der Waals surface area contributed by atoms with Gasteiger partial charge in [-0.15, -0.1) is 11.8 Å². The lowest BCUT2D eigenvalue weighted by molar-refractivity contribution is 0.0593. The second-order valence-electron chi connectivity index (χ2n) is 3.70. The van der Waals surface area contributed by atoms with Crippen LogP contribution in [0.3, 0.4) is 0 Å². The van der Waals surface area contributed by atoms with Crippen LogP contribution in [0.4, 0.5) is 0 Å². The Bertz CT molecular complexity index is 592. The van der Waals surface area contributed by atoms with E-state index in [2.05, 4.69) is 16.3 Å². The fraction of sp³-hybridized carbons (Fsp3) is 0.167. The zero-order chi connectivity index (χ0) is 11.8. The lowest BCUT2D eigenvalue weighted by atomic mass is 10.1. The Kier molecular flexibility index (Phi) is 2.40. The number of hydrogen-bond donors (Lipinski definition) is 1. The van der Waals surface area contributed by atoms with Crippen LogP contribution in [0.2, 0.25) is 0 Å². The van der Waals surface area contributed by atoms with Crippen LogP contribution in [-0.4, -0.2) is 23.3 Å². The third kappa shape index (κ3) is 1.54. The molecule has 1 aromatic carbocycles. The van der Waals surface area contributed by atoms with E-state index < -0.39 is 0 Å². The standard InChI is InChI=1S/C12H10N2O2S/c1-16-12(15)11-8-6-17-9-5-3-2-4-7(9)10(8)13-14-11/h2-5H,6H2,1H3,(H,13,14). The molecule has 1 N–H and O–H groups in total. The van der Waals surface area contributed by atoms with E-state index in [-0.39, 0.29) is 5.97 Å². The van der Waals surface area contributed by atoms with Crippen molar-refractivity contribution in [3.8, 4) is 11.3 Å². The number of H-pyrrole nitrogens is 1. The Morgan fingerprint density at radius 2 is 2.29 bits per heavy atom. The van der Waals surface area contributed by atoms with Crippen molar-refractivity contribution in [1.82, 2.24) is 10.2 Å². The topological polar surface area (TPSA) is 55.0 Å².